The molecule has 2 aromatic heterocycles. The van der Waals surface area contributed by atoms with E-state index in [4.69, 9.17) is 4.74 Å². The highest BCUT2D eigenvalue weighted by molar-refractivity contribution is 7.14. The number of benzene rings is 1. The predicted molar refractivity (Wildman–Crippen MR) is 124 cm³/mol. The number of alkyl halides is 3. The zero-order valence-corrected chi connectivity index (χ0v) is 19.1. The predicted octanol–water partition coefficient (Wildman–Crippen LogP) is 7.58. The second kappa shape index (κ2) is 11.7. The van der Waals surface area contributed by atoms with Crippen LogP contribution in [0.15, 0.2) is 41.9 Å². The zero-order valence-electron chi connectivity index (χ0n) is 18.3. The van der Waals surface area contributed by atoms with Crippen LogP contribution in [0.3, 0.4) is 0 Å². The first-order valence-corrected chi connectivity index (χ1v) is 11.7. The van der Waals surface area contributed by atoms with Crippen molar-refractivity contribution in [3.63, 3.8) is 0 Å². The van der Waals surface area contributed by atoms with Crippen LogP contribution >= 0.6 is 11.3 Å². The summed E-state index contributed by atoms with van der Waals surface area (Å²) in [7, 11) is 0. The van der Waals surface area contributed by atoms with Gasteiger partial charge in [-0.05, 0) is 36.8 Å². The van der Waals surface area contributed by atoms with Gasteiger partial charge in [0.25, 0.3) is 0 Å². The highest BCUT2D eigenvalue weighted by Gasteiger charge is 2.34. The second-order valence-corrected chi connectivity index (χ2v) is 8.36. The minimum absolute atomic E-state index is 0.171. The number of nitriles is 1. The number of thiazole rings is 1. The lowest BCUT2D eigenvalue weighted by Crippen LogP contribution is -2.10. The lowest BCUT2D eigenvalue weighted by Gasteiger charge is -2.15. The molecule has 0 spiro atoms. The van der Waals surface area contributed by atoms with Crippen LogP contribution in [-0.4, -0.2) is 16.6 Å². The van der Waals surface area contributed by atoms with Crippen molar-refractivity contribution in [2.75, 3.05) is 11.9 Å². The molecule has 0 bridgehead atoms. The van der Waals surface area contributed by atoms with Crippen molar-refractivity contribution in [1.29, 1.82) is 5.26 Å². The molecule has 174 valence electrons. The van der Waals surface area contributed by atoms with Gasteiger partial charge in [-0.3, -0.25) is 0 Å². The largest absolute Gasteiger partial charge is 0.493 e. The van der Waals surface area contributed by atoms with Gasteiger partial charge < -0.3 is 10.1 Å². The standard InChI is InChI=1S/C24H25F3N4OS/c1-2-3-4-5-6-7-13-32-22-11-10-17(14-19(22)24(25,26)27)30-23-31-21(16-33-23)18-9-8-12-29-20(18)15-28/h8-12,14,16H,2-7,13H2,1H3,(H,30,31). The molecule has 5 nitrogen and oxygen atoms in total. The average Bonchev–Trinajstić information content (AvgIpc) is 3.26. The number of hydrogen-bond donors (Lipinski definition) is 1. The highest BCUT2D eigenvalue weighted by atomic mass is 32.1. The van der Waals surface area contributed by atoms with Gasteiger partial charge in [-0.2, -0.15) is 18.4 Å². The van der Waals surface area contributed by atoms with Crippen LogP contribution < -0.4 is 10.1 Å². The maximum atomic E-state index is 13.6. The summed E-state index contributed by atoms with van der Waals surface area (Å²) in [4.78, 5) is 8.40. The smallest absolute Gasteiger partial charge is 0.420 e. The number of rotatable bonds is 11. The van der Waals surface area contributed by atoms with E-state index in [0.717, 1.165) is 38.2 Å². The monoisotopic (exact) mass is 474 g/mol. The lowest BCUT2D eigenvalue weighted by molar-refractivity contribution is -0.138. The Bertz CT molecular complexity index is 1090. The molecule has 2 heterocycles. The Morgan fingerprint density at radius 3 is 2.67 bits per heavy atom. The third-order valence-corrected chi connectivity index (χ3v) is 5.74. The molecular weight excluding hydrogens is 449 g/mol. The van der Waals surface area contributed by atoms with Gasteiger partial charge in [0.1, 0.15) is 17.5 Å². The van der Waals surface area contributed by atoms with E-state index < -0.39 is 11.7 Å². The molecular formula is C24H25F3N4OS. The number of pyridine rings is 1. The van der Waals surface area contributed by atoms with Gasteiger partial charge in [-0.25, -0.2) is 9.97 Å². The fourth-order valence-electron chi connectivity index (χ4n) is 3.30. The van der Waals surface area contributed by atoms with E-state index in [1.165, 1.54) is 36.1 Å². The Morgan fingerprint density at radius 1 is 1.12 bits per heavy atom. The number of nitrogens with one attached hydrogen (secondary N) is 1. The highest BCUT2D eigenvalue weighted by Crippen LogP contribution is 2.39. The summed E-state index contributed by atoms with van der Waals surface area (Å²) in [6.45, 7) is 2.39. The Labute approximate surface area is 195 Å². The minimum atomic E-state index is -4.54. The van der Waals surface area contributed by atoms with Crippen LogP contribution in [0.2, 0.25) is 0 Å². The van der Waals surface area contributed by atoms with Crippen molar-refractivity contribution in [2.24, 2.45) is 0 Å². The zero-order chi connectivity index (χ0) is 23.7. The van der Waals surface area contributed by atoms with Gasteiger partial charge in [0, 0.05) is 22.8 Å². The van der Waals surface area contributed by atoms with Gasteiger partial charge in [-0.15, -0.1) is 11.3 Å². The first kappa shape index (κ1) is 24.5. The molecule has 0 amide bonds. The third kappa shape index (κ3) is 6.93. The molecule has 0 aliphatic carbocycles. The van der Waals surface area contributed by atoms with E-state index in [9.17, 15) is 18.4 Å². The molecule has 0 fully saturated rings. The number of ether oxygens (including phenoxy) is 1. The van der Waals surface area contributed by atoms with Crippen LogP contribution in [0.25, 0.3) is 11.3 Å². The molecule has 0 radical (unpaired) electrons. The summed E-state index contributed by atoms with van der Waals surface area (Å²) in [5, 5.41) is 14.3. The molecule has 33 heavy (non-hydrogen) atoms. The number of halogens is 3. The summed E-state index contributed by atoms with van der Waals surface area (Å²) in [6, 6.07) is 9.34. The summed E-state index contributed by atoms with van der Waals surface area (Å²) >= 11 is 1.23. The molecule has 0 saturated carbocycles. The molecule has 3 aromatic rings. The SMILES string of the molecule is CCCCCCCCOc1ccc(Nc2nc(-c3cccnc3C#N)cs2)cc1C(F)(F)F. The normalized spacial score (nSPS) is 11.2. The average molecular weight is 475 g/mol. The van der Waals surface area contributed by atoms with Gasteiger partial charge in [0.15, 0.2) is 5.13 Å². The Hall–Kier alpha value is -3.12. The number of anilines is 2. The van der Waals surface area contributed by atoms with Crippen LogP contribution in [0.1, 0.15) is 56.7 Å². The van der Waals surface area contributed by atoms with Crippen LogP contribution in [0.5, 0.6) is 5.75 Å². The molecule has 0 aliphatic rings. The lowest BCUT2D eigenvalue weighted by atomic mass is 10.1. The van der Waals surface area contributed by atoms with Gasteiger partial charge in [0.2, 0.25) is 0 Å². The first-order chi connectivity index (χ1) is 15.9. The molecule has 0 unspecified atom stereocenters. The summed E-state index contributed by atoms with van der Waals surface area (Å²) in [5.41, 5.74) is 0.762. The van der Waals surface area contributed by atoms with Crippen molar-refractivity contribution in [1.82, 2.24) is 9.97 Å². The van der Waals surface area contributed by atoms with Crippen molar-refractivity contribution >= 4 is 22.2 Å². The Balaban J connectivity index is 1.68. The summed E-state index contributed by atoms with van der Waals surface area (Å²) in [5.74, 6) is -0.171. The molecule has 1 aromatic carbocycles. The molecule has 9 heteroatoms. The van der Waals surface area contributed by atoms with E-state index in [2.05, 4.69) is 22.2 Å². The summed E-state index contributed by atoms with van der Waals surface area (Å²) in [6.07, 6.45) is 3.18. The fourth-order valence-corrected chi connectivity index (χ4v) is 4.03. The summed E-state index contributed by atoms with van der Waals surface area (Å²) < 4.78 is 46.4. The molecule has 1 N–H and O–H groups in total. The molecule has 3 rings (SSSR count). The van der Waals surface area contributed by atoms with Crippen molar-refractivity contribution < 1.29 is 17.9 Å². The quantitative estimate of drug-likeness (QED) is 0.290. The fraction of sp³-hybridized carbons (Fsp3) is 0.375. The van der Waals surface area contributed by atoms with Gasteiger partial charge in [0.05, 0.1) is 17.9 Å². The number of nitrogens with zero attached hydrogens (tertiary/aromatic N) is 3. The second-order valence-electron chi connectivity index (χ2n) is 7.50. The van der Waals surface area contributed by atoms with E-state index >= 15 is 0 Å². The Morgan fingerprint density at radius 2 is 1.91 bits per heavy atom. The number of hydrogen-bond acceptors (Lipinski definition) is 6. The van der Waals surface area contributed by atoms with Crippen molar-refractivity contribution in [2.45, 2.75) is 51.6 Å². The van der Waals surface area contributed by atoms with Crippen LogP contribution in [-0.2, 0) is 6.18 Å². The van der Waals surface area contributed by atoms with E-state index in [0.29, 0.717) is 16.4 Å². The minimum Gasteiger partial charge on any atom is -0.493 e. The topological polar surface area (TPSA) is 70.8 Å². The van der Waals surface area contributed by atoms with Crippen molar-refractivity contribution in [3.8, 4) is 23.1 Å². The maximum Gasteiger partial charge on any atom is 0.420 e. The van der Waals surface area contributed by atoms with Crippen LogP contribution in [0.4, 0.5) is 24.0 Å². The number of unbranched alkanes of at least 4 members (excludes halogenated alkanes) is 5. The number of aromatic nitrogens is 2. The maximum absolute atomic E-state index is 13.6. The molecule has 0 atom stereocenters. The van der Waals surface area contributed by atoms with E-state index in [1.54, 1.807) is 17.5 Å². The molecule has 0 aliphatic heterocycles. The van der Waals surface area contributed by atoms with Crippen molar-refractivity contribution in [3.05, 3.63) is 53.2 Å². The Kier molecular flexibility index (Phi) is 8.66. The van der Waals surface area contributed by atoms with E-state index in [1.807, 2.05) is 6.07 Å². The van der Waals surface area contributed by atoms with Gasteiger partial charge >= 0.3 is 6.18 Å². The molecule has 0 saturated heterocycles. The first-order valence-electron chi connectivity index (χ1n) is 10.8. The third-order valence-electron chi connectivity index (χ3n) is 4.99. The van der Waals surface area contributed by atoms with Gasteiger partial charge in [-0.1, -0.05) is 39.0 Å². The van der Waals surface area contributed by atoms with E-state index in [-0.39, 0.29) is 23.7 Å². The van der Waals surface area contributed by atoms with Crippen LogP contribution in [0, 0.1) is 11.3 Å².